The van der Waals surface area contributed by atoms with Crippen LogP contribution in [0, 0.1) is 20.8 Å². The van der Waals surface area contributed by atoms with Crippen LogP contribution in [0.25, 0.3) is 11.4 Å². The third kappa shape index (κ3) is 2.38. The monoisotopic (exact) mass is 305 g/mol. The van der Waals surface area contributed by atoms with Crippen molar-refractivity contribution in [3.05, 3.63) is 39.5 Å². The number of hydrogen-bond acceptors (Lipinski definition) is 3. The van der Waals surface area contributed by atoms with Gasteiger partial charge in [-0.05, 0) is 44.5 Å². The highest BCUT2D eigenvalue weighted by atomic mass is 79.9. The Balaban J connectivity index is 2.60. The van der Waals surface area contributed by atoms with Crippen LogP contribution in [0.4, 0.5) is 5.82 Å². The molecule has 4 heteroatoms. The first-order chi connectivity index (χ1) is 8.52. The average molecular weight is 306 g/mol. The SMILES string of the molecule is CNc1nc(-c2ccc(Br)cc2C)nc(C)c1C. The zero-order valence-corrected chi connectivity index (χ0v) is 12.6. The van der Waals surface area contributed by atoms with E-state index in [4.69, 9.17) is 0 Å². The van der Waals surface area contributed by atoms with Crippen LogP contribution in [-0.2, 0) is 0 Å². The van der Waals surface area contributed by atoms with Crippen LogP contribution in [0.2, 0.25) is 0 Å². The second-order valence-corrected chi connectivity index (χ2v) is 5.23. The van der Waals surface area contributed by atoms with E-state index in [9.17, 15) is 0 Å². The summed E-state index contributed by atoms with van der Waals surface area (Å²) in [6, 6.07) is 6.13. The summed E-state index contributed by atoms with van der Waals surface area (Å²) in [6.45, 7) is 6.10. The predicted octanol–water partition coefficient (Wildman–Crippen LogP) is 3.87. The Morgan fingerprint density at radius 3 is 2.44 bits per heavy atom. The number of halogens is 1. The van der Waals surface area contributed by atoms with Crippen molar-refractivity contribution in [1.29, 1.82) is 0 Å². The molecule has 0 amide bonds. The molecule has 1 aromatic heterocycles. The van der Waals surface area contributed by atoms with Gasteiger partial charge in [-0.1, -0.05) is 15.9 Å². The lowest BCUT2D eigenvalue weighted by Crippen LogP contribution is -2.03. The van der Waals surface area contributed by atoms with E-state index in [-0.39, 0.29) is 0 Å². The lowest BCUT2D eigenvalue weighted by Gasteiger charge is -2.11. The Labute approximate surface area is 116 Å². The Kier molecular flexibility index (Phi) is 3.66. The number of aromatic nitrogens is 2. The van der Waals surface area contributed by atoms with Gasteiger partial charge in [0.15, 0.2) is 5.82 Å². The molecule has 0 saturated carbocycles. The molecule has 94 valence electrons. The van der Waals surface area contributed by atoms with Gasteiger partial charge in [-0.2, -0.15) is 0 Å². The molecule has 0 fully saturated rings. The Morgan fingerprint density at radius 2 is 1.83 bits per heavy atom. The fourth-order valence-electron chi connectivity index (χ4n) is 1.87. The molecule has 0 spiro atoms. The first-order valence-corrected chi connectivity index (χ1v) is 6.61. The molecule has 3 nitrogen and oxygen atoms in total. The van der Waals surface area contributed by atoms with Gasteiger partial charge in [0.25, 0.3) is 0 Å². The van der Waals surface area contributed by atoms with Crippen LogP contribution in [0.5, 0.6) is 0 Å². The van der Waals surface area contributed by atoms with E-state index in [0.29, 0.717) is 0 Å². The van der Waals surface area contributed by atoms with Crippen molar-refractivity contribution >= 4 is 21.7 Å². The molecular formula is C14H16BrN3. The smallest absolute Gasteiger partial charge is 0.162 e. The van der Waals surface area contributed by atoms with E-state index >= 15 is 0 Å². The topological polar surface area (TPSA) is 37.8 Å². The second-order valence-electron chi connectivity index (χ2n) is 4.32. The van der Waals surface area contributed by atoms with Crippen molar-refractivity contribution in [2.45, 2.75) is 20.8 Å². The van der Waals surface area contributed by atoms with Gasteiger partial charge in [0.1, 0.15) is 5.82 Å². The Bertz CT molecular complexity index is 594. The van der Waals surface area contributed by atoms with Gasteiger partial charge >= 0.3 is 0 Å². The molecular weight excluding hydrogens is 290 g/mol. The van der Waals surface area contributed by atoms with Gasteiger partial charge in [0.2, 0.25) is 0 Å². The number of rotatable bonds is 2. The number of nitrogens with zero attached hydrogens (tertiary/aromatic N) is 2. The molecule has 1 heterocycles. The summed E-state index contributed by atoms with van der Waals surface area (Å²) in [4.78, 5) is 9.15. The third-order valence-corrected chi connectivity index (χ3v) is 3.55. The highest BCUT2D eigenvalue weighted by molar-refractivity contribution is 9.10. The van der Waals surface area contributed by atoms with Gasteiger partial charge in [-0.15, -0.1) is 0 Å². The zero-order valence-electron chi connectivity index (χ0n) is 11.0. The number of anilines is 1. The summed E-state index contributed by atoms with van der Waals surface area (Å²) in [5, 5.41) is 3.12. The van der Waals surface area contributed by atoms with Crippen LogP contribution in [0.3, 0.4) is 0 Å². The van der Waals surface area contributed by atoms with E-state index < -0.39 is 0 Å². The van der Waals surface area contributed by atoms with Crippen molar-refractivity contribution in [2.75, 3.05) is 12.4 Å². The highest BCUT2D eigenvalue weighted by Gasteiger charge is 2.10. The first-order valence-electron chi connectivity index (χ1n) is 5.82. The Morgan fingerprint density at radius 1 is 1.11 bits per heavy atom. The molecule has 0 aliphatic carbocycles. The van der Waals surface area contributed by atoms with Crippen molar-refractivity contribution in [1.82, 2.24) is 9.97 Å². The minimum Gasteiger partial charge on any atom is -0.373 e. The molecule has 0 atom stereocenters. The largest absolute Gasteiger partial charge is 0.373 e. The molecule has 0 aliphatic rings. The summed E-state index contributed by atoms with van der Waals surface area (Å²) >= 11 is 3.47. The fraction of sp³-hybridized carbons (Fsp3) is 0.286. The van der Waals surface area contributed by atoms with Gasteiger partial charge < -0.3 is 5.32 Å². The van der Waals surface area contributed by atoms with Crippen molar-refractivity contribution in [3.63, 3.8) is 0 Å². The Hall–Kier alpha value is -1.42. The second kappa shape index (κ2) is 5.06. The maximum atomic E-state index is 4.58. The summed E-state index contributed by atoms with van der Waals surface area (Å²) in [7, 11) is 1.88. The normalized spacial score (nSPS) is 10.5. The molecule has 1 aromatic carbocycles. The third-order valence-electron chi connectivity index (χ3n) is 3.06. The van der Waals surface area contributed by atoms with Crippen molar-refractivity contribution in [3.8, 4) is 11.4 Å². The van der Waals surface area contributed by atoms with Crippen LogP contribution in [-0.4, -0.2) is 17.0 Å². The molecule has 0 aliphatic heterocycles. The minimum atomic E-state index is 0.771. The summed E-state index contributed by atoms with van der Waals surface area (Å²) in [6.07, 6.45) is 0. The van der Waals surface area contributed by atoms with Crippen molar-refractivity contribution < 1.29 is 0 Å². The molecule has 0 radical (unpaired) electrons. The van der Waals surface area contributed by atoms with Crippen molar-refractivity contribution in [2.24, 2.45) is 0 Å². The van der Waals surface area contributed by atoms with E-state index in [0.717, 1.165) is 38.5 Å². The average Bonchev–Trinajstić information content (AvgIpc) is 2.32. The number of hydrogen-bond donors (Lipinski definition) is 1. The maximum Gasteiger partial charge on any atom is 0.162 e. The lowest BCUT2D eigenvalue weighted by molar-refractivity contribution is 1.07. The maximum absolute atomic E-state index is 4.58. The predicted molar refractivity (Wildman–Crippen MR) is 78.9 cm³/mol. The molecule has 2 rings (SSSR count). The van der Waals surface area contributed by atoms with Crippen LogP contribution in [0.1, 0.15) is 16.8 Å². The molecule has 0 bridgehead atoms. The number of nitrogens with one attached hydrogen (secondary N) is 1. The van der Waals surface area contributed by atoms with Gasteiger partial charge in [0.05, 0.1) is 0 Å². The van der Waals surface area contributed by atoms with Gasteiger partial charge in [-0.25, -0.2) is 9.97 Å². The van der Waals surface area contributed by atoms with Crippen LogP contribution < -0.4 is 5.32 Å². The minimum absolute atomic E-state index is 0.771. The van der Waals surface area contributed by atoms with E-state index in [2.05, 4.69) is 44.2 Å². The quantitative estimate of drug-likeness (QED) is 0.915. The molecule has 1 N–H and O–H groups in total. The summed E-state index contributed by atoms with van der Waals surface area (Å²) in [5.74, 6) is 1.66. The lowest BCUT2D eigenvalue weighted by atomic mass is 10.1. The number of benzene rings is 1. The van der Waals surface area contributed by atoms with Gasteiger partial charge in [-0.3, -0.25) is 0 Å². The summed E-state index contributed by atoms with van der Waals surface area (Å²) in [5.41, 5.74) is 4.33. The van der Waals surface area contributed by atoms with E-state index in [1.807, 2.05) is 33.0 Å². The van der Waals surface area contributed by atoms with Crippen LogP contribution >= 0.6 is 15.9 Å². The standard InChI is InChI=1S/C14H16BrN3/c1-8-7-11(15)5-6-12(8)14-17-10(3)9(2)13(16-4)18-14/h5-7H,1-4H3,(H,16,17,18). The molecule has 18 heavy (non-hydrogen) atoms. The molecule has 0 saturated heterocycles. The molecule has 2 aromatic rings. The van der Waals surface area contributed by atoms with Crippen LogP contribution in [0.15, 0.2) is 22.7 Å². The fourth-order valence-corrected chi connectivity index (χ4v) is 2.35. The van der Waals surface area contributed by atoms with E-state index in [1.165, 1.54) is 0 Å². The highest BCUT2D eigenvalue weighted by Crippen LogP contribution is 2.26. The first kappa shape index (κ1) is 13.0. The zero-order chi connectivity index (χ0) is 13.3. The summed E-state index contributed by atoms with van der Waals surface area (Å²) < 4.78 is 1.07. The molecule has 0 unspecified atom stereocenters. The van der Waals surface area contributed by atoms with E-state index in [1.54, 1.807) is 0 Å². The number of aryl methyl sites for hydroxylation is 2. The van der Waals surface area contributed by atoms with Gasteiger partial charge in [0, 0.05) is 28.3 Å².